The molecule has 0 aliphatic carbocycles. The minimum Gasteiger partial charge on any atom is -0.485 e. The number of amides is 1. The summed E-state index contributed by atoms with van der Waals surface area (Å²) in [5.74, 6) is -1.16. The lowest BCUT2D eigenvalue weighted by atomic mass is 9.85. The van der Waals surface area contributed by atoms with Crippen molar-refractivity contribution in [2.45, 2.75) is 44.4 Å². The molecule has 0 saturated heterocycles. The Morgan fingerprint density at radius 2 is 1.60 bits per heavy atom. The number of halogens is 4. The van der Waals surface area contributed by atoms with Crippen molar-refractivity contribution in [3.63, 3.8) is 0 Å². The number of hydrogen-bond donors (Lipinski definition) is 2. The van der Waals surface area contributed by atoms with Gasteiger partial charge in [-0.25, -0.2) is 0 Å². The average Bonchev–Trinajstić information content (AvgIpc) is 3.02. The molecule has 0 aromatic heterocycles. The second-order valence-electron chi connectivity index (χ2n) is 10.4. The zero-order chi connectivity index (χ0) is 32.6. The highest BCUT2D eigenvalue weighted by molar-refractivity contribution is 6.30. The molecule has 4 aromatic carbocycles. The maximum atomic E-state index is 13.2. The number of carboxylic acids is 1. The van der Waals surface area contributed by atoms with Crippen LogP contribution in [-0.4, -0.2) is 23.5 Å². The minimum atomic E-state index is -4.48. The predicted octanol–water partition coefficient (Wildman–Crippen LogP) is 8.81. The molecule has 2 N–H and O–H groups in total. The average molecular weight is 635 g/mol. The Bertz CT molecular complexity index is 1670. The molecule has 0 spiro atoms. The number of carbonyl (C=O) groups excluding carboxylic acids is 1. The SMILES string of the molecule is CCC[C@H](c1ccc(C(=O)NCCC(=O)O)cc1)[C@@H](Oc1ccc(C#N)c(-c2ccc(C(F)(F)F)cc2)c1)c1ccc(Cl)cc1. The van der Waals surface area contributed by atoms with Gasteiger partial charge in [0.15, 0.2) is 0 Å². The van der Waals surface area contributed by atoms with Crippen LogP contribution in [0.1, 0.15) is 70.8 Å². The van der Waals surface area contributed by atoms with Crippen LogP contribution in [0.25, 0.3) is 11.1 Å². The van der Waals surface area contributed by atoms with Crippen molar-refractivity contribution in [3.05, 3.63) is 124 Å². The Balaban J connectivity index is 1.69. The summed E-state index contributed by atoms with van der Waals surface area (Å²) < 4.78 is 46.1. The molecule has 10 heteroatoms. The lowest BCUT2D eigenvalue weighted by Crippen LogP contribution is -2.26. The van der Waals surface area contributed by atoms with E-state index in [1.807, 2.05) is 31.2 Å². The molecule has 0 radical (unpaired) electrons. The maximum absolute atomic E-state index is 13.2. The molecule has 4 aromatic rings. The fraction of sp³-hybridized carbons (Fsp3) is 0.229. The van der Waals surface area contributed by atoms with E-state index in [1.54, 1.807) is 42.5 Å². The first-order valence-corrected chi connectivity index (χ1v) is 14.6. The van der Waals surface area contributed by atoms with E-state index in [1.165, 1.54) is 12.1 Å². The number of carboxylic acid groups (broad SMARTS) is 1. The molecule has 0 unspecified atom stereocenters. The zero-order valence-electron chi connectivity index (χ0n) is 24.3. The molecule has 4 rings (SSSR count). The monoisotopic (exact) mass is 634 g/mol. The number of benzene rings is 4. The number of hydrogen-bond acceptors (Lipinski definition) is 4. The number of rotatable bonds is 12. The van der Waals surface area contributed by atoms with Crippen molar-refractivity contribution in [1.82, 2.24) is 5.32 Å². The smallest absolute Gasteiger partial charge is 0.416 e. The van der Waals surface area contributed by atoms with Crippen molar-refractivity contribution >= 4 is 23.5 Å². The summed E-state index contributed by atoms with van der Waals surface area (Å²) in [5, 5.41) is 21.7. The molecular formula is C35H30ClF3N2O4. The number of alkyl halides is 3. The fourth-order valence-electron chi connectivity index (χ4n) is 5.02. The van der Waals surface area contributed by atoms with E-state index in [-0.39, 0.29) is 30.4 Å². The zero-order valence-corrected chi connectivity index (χ0v) is 25.0. The Morgan fingerprint density at radius 3 is 2.18 bits per heavy atom. The highest BCUT2D eigenvalue weighted by Crippen LogP contribution is 2.40. The van der Waals surface area contributed by atoms with Crippen molar-refractivity contribution in [2.75, 3.05) is 6.54 Å². The van der Waals surface area contributed by atoms with Crippen LogP contribution >= 0.6 is 11.6 Å². The molecule has 0 saturated carbocycles. The summed E-state index contributed by atoms with van der Waals surface area (Å²) in [6, 6.07) is 25.9. The molecule has 1 amide bonds. The molecule has 0 heterocycles. The second-order valence-corrected chi connectivity index (χ2v) is 10.8. The quantitative estimate of drug-likeness (QED) is 0.162. The molecule has 2 atom stereocenters. The van der Waals surface area contributed by atoms with Crippen LogP contribution in [0.4, 0.5) is 13.2 Å². The van der Waals surface area contributed by atoms with Crippen molar-refractivity contribution in [2.24, 2.45) is 0 Å². The van der Waals surface area contributed by atoms with E-state index >= 15 is 0 Å². The number of nitriles is 1. The van der Waals surface area contributed by atoms with E-state index in [4.69, 9.17) is 21.4 Å². The summed E-state index contributed by atoms with van der Waals surface area (Å²) in [4.78, 5) is 23.3. The Labute approximate surface area is 264 Å². The number of nitrogens with zero attached hydrogens (tertiary/aromatic N) is 1. The van der Waals surface area contributed by atoms with Gasteiger partial charge in [-0.05, 0) is 77.7 Å². The number of nitrogens with one attached hydrogen (secondary N) is 1. The van der Waals surface area contributed by atoms with Crippen LogP contribution in [0.3, 0.4) is 0 Å². The first-order valence-electron chi connectivity index (χ1n) is 14.2. The van der Waals surface area contributed by atoms with Gasteiger partial charge in [-0.15, -0.1) is 0 Å². The number of ether oxygens (including phenoxy) is 1. The van der Waals surface area contributed by atoms with Gasteiger partial charge in [0.2, 0.25) is 0 Å². The largest absolute Gasteiger partial charge is 0.485 e. The van der Waals surface area contributed by atoms with E-state index in [2.05, 4.69) is 11.4 Å². The fourth-order valence-corrected chi connectivity index (χ4v) is 5.15. The molecule has 0 fully saturated rings. The lowest BCUT2D eigenvalue weighted by molar-refractivity contribution is -0.138. The van der Waals surface area contributed by atoms with Gasteiger partial charge in [0, 0.05) is 28.6 Å². The van der Waals surface area contributed by atoms with Crippen LogP contribution in [0, 0.1) is 11.3 Å². The van der Waals surface area contributed by atoms with Crippen LogP contribution in [0.2, 0.25) is 5.02 Å². The normalized spacial score (nSPS) is 12.5. The summed E-state index contributed by atoms with van der Waals surface area (Å²) in [6.07, 6.45) is -3.69. The summed E-state index contributed by atoms with van der Waals surface area (Å²) in [7, 11) is 0. The van der Waals surface area contributed by atoms with Crippen molar-refractivity contribution in [3.8, 4) is 22.9 Å². The van der Waals surface area contributed by atoms with E-state index in [0.29, 0.717) is 33.9 Å². The third-order valence-electron chi connectivity index (χ3n) is 7.29. The molecule has 0 bridgehead atoms. The maximum Gasteiger partial charge on any atom is 0.416 e. The van der Waals surface area contributed by atoms with E-state index < -0.39 is 23.8 Å². The first-order chi connectivity index (χ1) is 21.5. The van der Waals surface area contributed by atoms with Gasteiger partial charge in [-0.3, -0.25) is 9.59 Å². The molecule has 6 nitrogen and oxygen atoms in total. The summed E-state index contributed by atoms with van der Waals surface area (Å²) >= 11 is 6.18. The highest BCUT2D eigenvalue weighted by Gasteiger charge is 2.30. The van der Waals surface area contributed by atoms with Crippen LogP contribution in [0.5, 0.6) is 5.75 Å². The van der Waals surface area contributed by atoms with Gasteiger partial charge in [-0.2, -0.15) is 18.4 Å². The van der Waals surface area contributed by atoms with Gasteiger partial charge < -0.3 is 15.2 Å². The van der Waals surface area contributed by atoms with Crippen molar-refractivity contribution < 1.29 is 32.6 Å². The first kappa shape index (κ1) is 33.1. The van der Waals surface area contributed by atoms with Gasteiger partial charge >= 0.3 is 12.1 Å². The third kappa shape index (κ3) is 8.64. The highest BCUT2D eigenvalue weighted by atomic mass is 35.5. The number of aliphatic carboxylic acids is 1. The van der Waals surface area contributed by atoms with Crippen LogP contribution < -0.4 is 10.1 Å². The standard InChI is InChI=1S/C35H30ClF3N2O4/c1-2-3-30(22-4-6-25(7-5-22)34(44)41-19-18-32(42)43)33(24-10-15-28(36)16-11-24)45-29-17-12-26(21-40)31(20-29)23-8-13-27(14-9-23)35(37,38)39/h4-17,20,30,33H,2-3,18-19H2,1H3,(H,41,44)(H,42,43)/t30-,33+/m1/s1. The molecule has 45 heavy (non-hydrogen) atoms. The molecular weight excluding hydrogens is 605 g/mol. The van der Waals surface area contributed by atoms with E-state index in [0.717, 1.165) is 29.7 Å². The van der Waals surface area contributed by atoms with Crippen molar-refractivity contribution in [1.29, 1.82) is 5.26 Å². The lowest BCUT2D eigenvalue weighted by Gasteiger charge is -2.29. The Hall–Kier alpha value is -4.81. The van der Waals surface area contributed by atoms with E-state index in [9.17, 15) is 28.0 Å². The molecule has 0 aliphatic heterocycles. The summed E-state index contributed by atoms with van der Waals surface area (Å²) in [6.45, 7) is 2.06. The summed E-state index contributed by atoms with van der Waals surface area (Å²) in [5.41, 5.74) is 2.48. The Morgan fingerprint density at radius 1 is 0.956 bits per heavy atom. The predicted molar refractivity (Wildman–Crippen MR) is 165 cm³/mol. The second kappa shape index (κ2) is 14.8. The molecule has 0 aliphatic rings. The van der Waals surface area contributed by atoms with Crippen LogP contribution in [-0.2, 0) is 11.0 Å². The Kier molecular flexibility index (Phi) is 10.9. The minimum absolute atomic E-state index is 0.0138. The van der Waals surface area contributed by atoms with Gasteiger partial charge in [-0.1, -0.05) is 61.3 Å². The molecule has 232 valence electrons. The third-order valence-corrected chi connectivity index (χ3v) is 7.54. The van der Waals surface area contributed by atoms with Gasteiger partial charge in [0.1, 0.15) is 11.9 Å². The topological polar surface area (TPSA) is 99.4 Å². The number of carbonyl (C=O) groups is 2. The van der Waals surface area contributed by atoms with Gasteiger partial charge in [0.25, 0.3) is 5.91 Å². The van der Waals surface area contributed by atoms with Gasteiger partial charge in [0.05, 0.1) is 23.6 Å². The van der Waals surface area contributed by atoms with Crippen LogP contribution in [0.15, 0.2) is 91.0 Å².